The van der Waals surface area contributed by atoms with Crippen molar-refractivity contribution < 1.29 is 23.8 Å². The van der Waals surface area contributed by atoms with Gasteiger partial charge in [-0.25, -0.2) is 13.6 Å². The summed E-state index contributed by atoms with van der Waals surface area (Å²) in [5.41, 5.74) is 0.0401. The first-order chi connectivity index (χ1) is 12.8. The normalized spacial score (nSPS) is 15.1. The molecule has 7 nitrogen and oxygen atoms in total. The molecule has 0 bridgehead atoms. The molecule has 2 N–H and O–H groups in total. The van der Waals surface area contributed by atoms with Crippen molar-refractivity contribution in [3.63, 3.8) is 0 Å². The number of aromatic hydroxyl groups is 1. The molecule has 1 aliphatic rings. The van der Waals surface area contributed by atoms with Crippen LogP contribution in [0.1, 0.15) is 11.1 Å². The number of hydrogen-bond acceptors (Lipinski definition) is 4. The van der Waals surface area contributed by atoms with Crippen LogP contribution in [0.4, 0.5) is 13.6 Å². The summed E-state index contributed by atoms with van der Waals surface area (Å²) in [6.45, 7) is 1.95. The van der Waals surface area contributed by atoms with Crippen LogP contribution >= 0.6 is 0 Å². The quantitative estimate of drug-likeness (QED) is 0.844. The number of aromatic nitrogens is 1. The van der Waals surface area contributed by atoms with E-state index >= 15 is 0 Å². The van der Waals surface area contributed by atoms with Gasteiger partial charge in [0.2, 0.25) is 0 Å². The Morgan fingerprint density at radius 1 is 1.04 bits per heavy atom. The third-order valence-corrected chi connectivity index (χ3v) is 4.54. The Bertz CT molecular complexity index is 888. The molecular weight excluding hydrogens is 360 g/mol. The lowest BCUT2D eigenvalue weighted by Gasteiger charge is -2.33. The first-order valence-electron chi connectivity index (χ1n) is 8.40. The van der Waals surface area contributed by atoms with Gasteiger partial charge in [0.25, 0.3) is 5.56 Å². The van der Waals surface area contributed by atoms with E-state index in [4.69, 9.17) is 5.11 Å². The number of carbonyl (C=O) groups is 1. The molecule has 1 amide bonds. The fourth-order valence-electron chi connectivity index (χ4n) is 3.09. The molecule has 0 spiro atoms. The molecule has 2 heterocycles. The molecular formula is C18H19F2N3O4. The average Bonchev–Trinajstić information content (AvgIpc) is 2.61. The zero-order valence-electron chi connectivity index (χ0n) is 14.4. The molecule has 1 aliphatic heterocycles. The number of piperazine rings is 1. The van der Waals surface area contributed by atoms with Crippen LogP contribution in [0.5, 0.6) is 5.75 Å². The molecule has 1 fully saturated rings. The lowest BCUT2D eigenvalue weighted by atomic mass is 10.2. The monoisotopic (exact) mass is 379 g/mol. The summed E-state index contributed by atoms with van der Waals surface area (Å²) in [6.07, 6.45) is 0.502. The molecule has 2 aromatic rings. The van der Waals surface area contributed by atoms with Gasteiger partial charge in [-0.2, -0.15) is 0 Å². The van der Waals surface area contributed by atoms with Crippen molar-refractivity contribution >= 4 is 6.09 Å². The van der Waals surface area contributed by atoms with Crippen molar-refractivity contribution in [3.8, 4) is 5.75 Å². The van der Waals surface area contributed by atoms with Crippen LogP contribution in [0.2, 0.25) is 0 Å². The number of rotatable bonds is 4. The highest BCUT2D eigenvalue weighted by Gasteiger charge is 2.21. The standard InChI is InChI=1S/C18H19F2N3O4/c19-14-7-12(8-15(20)9-14)10-23-2-1-13(16(24)17(23)25)11-21-3-5-22(6-4-21)18(26)27/h1-2,7-9,24H,3-6,10-11H2,(H,26,27). The van der Waals surface area contributed by atoms with E-state index in [-0.39, 0.29) is 12.1 Å². The highest BCUT2D eigenvalue weighted by molar-refractivity contribution is 5.65. The highest BCUT2D eigenvalue weighted by atomic mass is 19.1. The van der Waals surface area contributed by atoms with Gasteiger partial charge in [-0.05, 0) is 23.8 Å². The molecule has 27 heavy (non-hydrogen) atoms. The Kier molecular flexibility index (Phi) is 5.41. The number of nitrogens with zero attached hydrogens (tertiary/aromatic N) is 3. The van der Waals surface area contributed by atoms with Gasteiger partial charge < -0.3 is 19.7 Å². The van der Waals surface area contributed by atoms with Crippen molar-refractivity contribution in [1.29, 1.82) is 0 Å². The van der Waals surface area contributed by atoms with Crippen LogP contribution in [0.15, 0.2) is 35.3 Å². The zero-order valence-corrected chi connectivity index (χ0v) is 14.4. The summed E-state index contributed by atoms with van der Waals surface area (Å²) >= 11 is 0. The Labute approximate surface area is 153 Å². The Hall–Kier alpha value is -2.94. The van der Waals surface area contributed by atoms with E-state index in [2.05, 4.69) is 0 Å². The number of pyridine rings is 1. The van der Waals surface area contributed by atoms with Gasteiger partial charge in [0, 0.05) is 50.6 Å². The molecule has 0 saturated carbocycles. The number of hydrogen-bond donors (Lipinski definition) is 2. The summed E-state index contributed by atoms with van der Waals surface area (Å²) in [5.74, 6) is -1.89. The van der Waals surface area contributed by atoms with Gasteiger partial charge in [-0.1, -0.05) is 0 Å². The summed E-state index contributed by atoms with van der Waals surface area (Å²) in [5, 5.41) is 19.2. The van der Waals surface area contributed by atoms with Crippen LogP contribution in [-0.2, 0) is 13.1 Å². The van der Waals surface area contributed by atoms with Crippen LogP contribution in [-0.4, -0.2) is 56.9 Å². The Morgan fingerprint density at radius 2 is 1.67 bits per heavy atom. The lowest BCUT2D eigenvalue weighted by molar-refractivity contribution is 0.102. The van der Waals surface area contributed by atoms with Crippen molar-refractivity contribution in [2.45, 2.75) is 13.1 Å². The van der Waals surface area contributed by atoms with Crippen LogP contribution in [0, 0.1) is 11.6 Å². The largest absolute Gasteiger partial charge is 0.503 e. The van der Waals surface area contributed by atoms with Crippen LogP contribution in [0.3, 0.4) is 0 Å². The van der Waals surface area contributed by atoms with Gasteiger partial charge >= 0.3 is 6.09 Å². The summed E-state index contributed by atoms with van der Waals surface area (Å²) in [7, 11) is 0. The number of halogens is 2. The average molecular weight is 379 g/mol. The molecule has 0 aliphatic carbocycles. The minimum atomic E-state index is -0.964. The van der Waals surface area contributed by atoms with Gasteiger partial charge in [0.1, 0.15) is 11.6 Å². The number of amides is 1. The van der Waals surface area contributed by atoms with E-state index in [1.807, 2.05) is 4.90 Å². The summed E-state index contributed by atoms with van der Waals surface area (Å²) in [6, 6.07) is 4.58. The van der Waals surface area contributed by atoms with E-state index in [1.54, 1.807) is 6.07 Å². The lowest BCUT2D eigenvalue weighted by Crippen LogP contribution is -2.47. The predicted octanol–water partition coefficient (Wildman–Crippen LogP) is 1.68. The fourth-order valence-corrected chi connectivity index (χ4v) is 3.09. The molecule has 0 atom stereocenters. The highest BCUT2D eigenvalue weighted by Crippen LogP contribution is 2.16. The SMILES string of the molecule is O=C(O)N1CCN(Cc2ccn(Cc3cc(F)cc(F)c3)c(=O)c2O)CC1. The van der Waals surface area contributed by atoms with E-state index < -0.39 is 29.0 Å². The molecule has 0 radical (unpaired) electrons. The van der Waals surface area contributed by atoms with Gasteiger partial charge in [0.15, 0.2) is 5.75 Å². The second kappa shape index (κ2) is 7.75. The third-order valence-electron chi connectivity index (χ3n) is 4.54. The zero-order chi connectivity index (χ0) is 19.6. The Balaban J connectivity index is 1.72. The molecule has 3 rings (SSSR count). The molecule has 0 unspecified atom stereocenters. The van der Waals surface area contributed by atoms with Gasteiger partial charge in [-0.3, -0.25) is 9.69 Å². The Morgan fingerprint density at radius 3 is 2.26 bits per heavy atom. The molecule has 1 saturated heterocycles. The maximum absolute atomic E-state index is 13.3. The van der Waals surface area contributed by atoms with Gasteiger partial charge in [-0.15, -0.1) is 0 Å². The first kappa shape index (κ1) is 18.8. The molecule has 1 aromatic carbocycles. The van der Waals surface area contributed by atoms with E-state index in [1.165, 1.54) is 15.7 Å². The topological polar surface area (TPSA) is 86.0 Å². The predicted molar refractivity (Wildman–Crippen MR) is 92.7 cm³/mol. The minimum absolute atomic E-state index is 0.0708. The molecule has 1 aromatic heterocycles. The van der Waals surface area contributed by atoms with Crippen LogP contribution in [0.25, 0.3) is 0 Å². The second-order valence-corrected chi connectivity index (χ2v) is 6.45. The van der Waals surface area contributed by atoms with E-state index in [0.717, 1.165) is 18.2 Å². The third kappa shape index (κ3) is 4.43. The van der Waals surface area contributed by atoms with Crippen molar-refractivity contribution in [2.24, 2.45) is 0 Å². The first-order valence-corrected chi connectivity index (χ1v) is 8.40. The van der Waals surface area contributed by atoms with Crippen molar-refractivity contribution in [1.82, 2.24) is 14.4 Å². The van der Waals surface area contributed by atoms with Gasteiger partial charge in [0.05, 0.1) is 6.54 Å². The fraction of sp³-hybridized carbons (Fsp3) is 0.333. The number of carboxylic acid groups (broad SMARTS) is 1. The maximum Gasteiger partial charge on any atom is 0.407 e. The summed E-state index contributed by atoms with van der Waals surface area (Å²) < 4.78 is 27.8. The summed E-state index contributed by atoms with van der Waals surface area (Å²) in [4.78, 5) is 26.5. The van der Waals surface area contributed by atoms with E-state index in [9.17, 15) is 23.5 Å². The molecule has 9 heteroatoms. The minimum Gasteiger partial charge on any atom is -0.503 e. The second-order valence-electron chi connectivity index (χ2n) is 6.45. The smallest absolute Gasteiger partial charge is 0.407 e. The van der Waals surface area contributed by atoms with Crippen molar-refractivity contribution in [3.05, 3.63) is 63.6 Å². The molecule has 144 valence electrons. The maximum atomic E-state index is 13.3. The van der Waals surface area contributed by atoms with Crippen molar-refractivity contribution in [2.75, 3.05) is 26.2 Å². The van der Waals surface area contributed by atoms with Crippen LogP contribution < -0.4 is 5.56 Å². The number of benzene rings is 1. The van der Waals surface area contributed by atoms with E-state index in [0.29, 0.717) is 38.3 Å².